The largest absolute Gasteiger partial charge is 0.0804 e. The van der Waals surface area contributed by atoms with Gasteiger partial charge in [-0.1, -0.05) is 30.2 Å². The van der Waals surface area contributed by atoms with Crippen molar-refractivity contribution < 1.29 is 0 Å². The Bertz CT molecular complexity index is 208. The van der Waals surface area contributed by atoms with Gasteiger partial charge in [0.15, 0.2) is 0 Å². The fraction of sp³-hybridized carbons (Fsp3) is 0.556. The lowest BCUT2D eigenvalue weighted by atomic mass is 9.84. The zero-order valence-corrected chi connectivity index (χ0v) is 6.07. The van der Waals surface area contributed by atoms with Crippen molar-refractivity contribution in [1.82, 2.24) is 0 Å². The summed E-state index contributed by atoms with van der Waals surface area (Å²) in [4.78, 5) is 0. The van der Waals surface area contributed by atoms with Crippen molar-refractivity contribution in [2.45, 2.75) is 26.7 Å². The molecule has 0 saturated carbocycles. The highest BCUT2D eigenvalue weighted by molar-refractivity contribution is 5.41. The van der Waals surface area contributed by atoms with Gasteiger partial charge < -0.3 is 0 Å². The molecule has 0 aliphatic heterocycles. The molecule has 0 heterocycles. The minimum Gasteiger partial charge on any atom is -0.0804 e. The Morgan fingerprint density at radius 1 is 1.56 bits per heavy atom. The van der Waals surface area contributed by atoms with E-state index in [1.165, 1.54) is 12.8 Å². The summed E-state index contributed by atoms with van der Waals surface area (Å²) in [7, 11) is 0. The molecule has 2 aliphatic rings. The first-order valence-electron chi connectivity index (χ1n) is 3.58. The highest BCUT2D eigenvalue weighted by Gasteiger charge is 2.35. The molecule has 0 aromatic rings. The monoisotopic (exact) mass is 120 g/mol. The maximum Gasteiger partial charge on any atom is -0.00411 e. The van der Waals surface area contributed by atoms with E-state index in [2.05, 4.69) is 26.0 Å². The highest BCUT2D eigenvalue weighted by atomic mass is 14.4. The van der Waals surface area contributed by atoms with Gasteiger partial charge in [0, 0.05) is 0 Å². The van der Waals surface area contributed by atoms with Gasteiger partial charge in [0.1, 0.15) is 0 Å². The van der Waals surface area contributed by atoms with E-state index in [0.717, 1.165) is 0 Å². The van der Waals surface area contributed by atoms with Gasteiger partial charge in [0.05, 0.1) is 0 Å². The molecular formula is C9H12. The van der Waals surface area contributed by atoms with Crippen LogP contribution in [0.4, 0.5) is 0 Å². The summed E-state index contributed by atoms with van der Waals surface area (Å²) in [6, 6.07) is 0. The average molecular weight is 120 g/mol. The molecule has 0 radical (unpaired) electrons. The van der Waals surface area contributed by atoms with Gasteiger partial charge in [-0.15, -0.1) is 0 Å². The van der Waals surface area contributed by atoms with Crippen LogP contribution in [0.2, 0.25) is 0 Å². The van der Waals surface area contributed by atoms with Crippen molar-refractivity contribution >= 4 is 0 Å². The van der Waals surface area contributed by atoms with Crippen molar-refractivity contribution in [1.29, 1.82) is 0 Å². The lowest BCUT2D eigenvalue weighted by Gasteiger charge is -2.20. The summed E-state index contributed by atoms with van der Waals surface area (Å²) < 4.78 is 0. The smallest absolute Gasteiger partial charge is 0.00411 e. The summed E-state index contributed by atoms with van der Waals surface area (Å²) >= 11 is 0. The molecule has 1 unspecified atom stereocenters. The summed E-state index contributed by atoms with van der Waals surface area (Å²) in [5.74, 6) is 0. The van der Waals surface area contributed by atoms with Crippen LogP contribution in [0.1, 0.15) is 26.7 Å². The minimum absolute atomic E-state index is 0.537. The third-order valence-corrected chi connectivity index (χ3v) is 2.76. The van der Waals surface area contributed by atoms with Gasteiger partial charge in [0.2, 0.25) is 0 Å². The third kappa shape index (κ3) is 0.536. The lowest BCUT2D eigenvalue weighted by Crippen LogP contribution is -2.09. The molecule has 0 aromatic heterocycles. The Morgan fingerprint density at radius 2 is 2.33 bits per heavy atom. The molecule has 0 fully saturated rings. The molecule has 0 aromatic carbocycles. The van der Waals surface area contributed by atoms with E-state index in [0.29, 0.717) is 5.41 Å². The molecule has 0 nitrogen and oxygen atoms in total. The maximum atomic E-state index is 2.37. The Kier molecular flexibility index (Phi) is 0.769. The van der Waals surface area contributed by atoms with Gasteiger partial charge in [0.25, 0.3) is 0 Å². The van der Waals surface area contributed by atoms with Crippen molar-refractivity contribution in [3.8, 4) is 0 Å². The van der Waals surface area contributed by atoms with Gasteiger partial charge >= 0.3 is 0 Å². The third-order valence-electron chi connectivity index (χ3n) is 2.76. The van der Waals surface area contributed by atoms with E-state index in [1.54, 1.807) is 11.1 Å². The van der Waals surface area contributed by atoms with E-state index in [9.17, 15) is 0 Å². The highest BCUT2D eigenvalue weighted by Crippen LogP contribution is 2.49. The number of hydrogen-bond acceptors (Lipinski definition) is 0. The quantitative estimate of drug-likeness (QED) is 0.461. The van der Waals surface area contributed by atoms with Gasteiger partial charge in [-0.25, -0.2) is 0 Å². The molecule has 0 N–H and O–H groups in total. The van der Waals surface area contributed by atoms with Crippen molar-refractivity contribution in [2.24, 2.45) is 5.41 Å². The van der Waals surface area contributed by atoms with Crippen LogP contribution < -0.4 is 0 Å². The summed E-state index contributed by atoms with van der Waals surface area (Å²) in [5, 5.41) is 0. The van der Waals surface area contributed by atoms with Gasteiger partial charge in [-0.2, -0.15) is 0 Å². The molecular weight excluding hydrogens is 108 g/mol. The van der Waals surface area contributed by atoms with Crippen LogP contribution in [0, 0.1) is 5.41 Å². The topological polar surface area (TPSA) is 0 Å². The van der Waals surface area contributed by atoms with Gasteiger partial charge in [-0.3, -0.25) is 0 Å². The molecule has 0 spiro atoms. The normalized spacial score (nSPS) is 38.9. The summed E-state index contributed by atoms with van der Waals surface area (Å²) in [6.45, 7) is 4.61. The van der Waals surface area contributed by atoms with E-state index >= 15 is 0 Å². The fourth-order valence-electron chi connectivity index (χ4n) is 1.81. The first-order chi connectivity index (χ1) is 4.21. The van der Waals surface area contributed by atoms with Crippen LogP contribution in [0.15, 0.2) is 23.3 Å². The Balaban J connectivity index is 2.48. The van der Waals surface area contributed by atoms with Crippen LogP contribution in [-0.2, 0) is 0 Å². The first-order valence-corrected chi connectivity index (χ1v) is 3.58. The lowest BCUT2D eigenvalue weighted by molar-refractivity contribution is 0.443. The first kappa shape index (κ1) is 5.28. The molecule has 48 valence electrons. The van der Waals surface area contributed by atoms with E-state index in [1.807, 2.05) is 0 Å². The minimum atomic E-state index is 0.537. The van der Waals surface area contributed by atoms with Crippen LogP contribution in [0.3, 0.4) is 0 Å². The molecule has 0 amide bonds. The second-order valence-corrected chi connectivity index (χ2v) is 3.55. The Hall–Kier alpha value is -0.520. The number of rotatable bonds is 0. The fourth-order valence-corrected chi connectivity index (χ4v) is 1.81. The van der Waals surface area contributed by atoms with E-state index < -0.39 is 0 Å². The average Bonchev–Trinajstić information content (AvgIpc) is 2.22. The molecule has 2 bridgehead atoms. The van der Waals surface area contributed by atoms with Gasteiger partial charge in [-0.05, 0) is 25.2 Å². The predicted octanol–water partition coefficient (Wildman–Crippen LogP) is 2.67. The standard InChI is InChI=1S/C9H12/c1-7-5-8-3-4-9(7,2)6-8/h3,5H,4,6H2,1-2H3. The van der Waals surface area contributed by atoms with Crippen LogP contribution in [-0.4, -0.2) is 0 Å². The van der Waals surface area contributed by atoms with E-state index in [4.69, 9.17) is 0 Å². The Labute approximate surface area is 56.3 Å². The molecule has 2 rings (SSSR count). The number of hydrogen-bond donors (Lipinski definition) is 0. The Morgan fingerprint density at radius 3 is 2.56 bits per heavy atom. The second kappa shape index (κ2) is 1.31. The summed E-state index contributed by atoms with van der Waals surface area (Å²) in [6.07, 6.45) is 7.29. The molecule has 2 aliphatic carbocycles. The SMILES string of the molecule is CC1=CC2=CCC1(C)C2. The van der Waals surface area contributed by atoms with Crippen LogP contribution >= 0.6 is 0 Å². The molecule has 9 heavy (non-hydrogen) atoms. The molecule has 1 atom stereocenters. The zero-order valence-electron chi connectivity index (χ0n) is 6.07. The molecule has 0 heteroatoms. The molecule has 0 saturated heterocycles. The predicted molar refractivity (Wildman–Crippen MR) is 39.2 cm³/mol. The summed E-state index contributed by atoms with van der Waals surface area (Å²) in [5.41, 5.74) is 3.69. The second-order valence-electron chi connectivity index (χ2n) is 3.55. The zero-order chi connectivity index (χ0) is 6.48. The number of allylic oxidation sites excluding steroid dienone is 4. The van der Waals surface area contributed by atoms with Crippen molar-refractivity contribution in [2.75, 3.05) is 0 Å². The van der Waals surface area contributed by atoms with Crippen molar-refractivity contribution in [3.63, 3.8) is 0 Å². The van der Waals surface area contributed by atoms with Crippen molar-refractivity contribution in [3.05, 3.63) is 23.3 Å². The maximum absolute atomic E-state index is 2.37. The van der Waals surface area contributed by atoms with Crippen LogP contribution in [0.5, 0.6) is 0 Å². The van der Waals surface area contributed by atoms with E-state index in [-0.39, 0.29) is 0 Å². The van der Waals surface area contributed by atoms with Crippen LogP contribution in [0.25, 0.3) is 0 Å². The number of fused-ring (bicyclic) bond motifs is 2.